The van der Waals surface area contributed by atoms with E-state index in [1.807, 2.05) is 6.92 Å². The van der Waals surface area contributed by atoms with Crippen LogP contribution in [-0.2, 0) is 9.59 Å². The van der Waals surface area contributed by atoms with Gasteiger partial charge in [0.05, 0.1) is 6.04 Å². The van der Waals surface area contributed by atoms with Crippen LogP contribution >= 0.6 is 0 Å². The second-order valence-electron chi connectivity index (χ2n) is 4.12. The molecule has 3 atom stereocenters. The molecule has 0 saturated carbocycles. The zero-order valence-electron chi connectivity index (χ0n) is 9.12. The van der Waals surface area contributed by atoms with E-state index in [1.165, 1.54) is 6.92 Å². The molecule has 1 rings (SSSR count). The lowest BCUT2D eigenvalue weighted by Gasteiger charge is -2.29. The van der Waals surface area contributed by atoms with Crippen molar-refractivity contribution in [2.24, 2.45) is 5.92 Å². The molecule has 0 aliphatic carbocycles. The Morgan fingerprint density at radius 3 is 2.73 bits per heavy atom. The maximum absolute atomic E-state index is 11.7. The molecule has 1 aliphatic heterocycles. The van der Waals surface area contributed by atoms with Gasteiger partial charge in [0.1, 0.15) is 6.04 Å². The Morgan fingerprint density at radius 1 is 1.53 bits per heavy atom. The maximum Gasteiger partial charge on any atom is 0.325 e. The van der Waals surface area contributed by atoms with E-state index in [2.05, 4.69) is 10.6 Å². The lowest BCUT2D eigenvalue weighted by atomic mass is 9.92. The van der Waals surface area contributed by atoms with E-state index in [0.717, 1.165) is 19.4 Å². The largest absolute Gasteiger partial charge is 0.480 e. The van der Waals surface area contributed by atoms with Gasteiger partial charge in [-0.25, -0.2) is 0 Å². The number of carboxylic acid groups (broad SMARTS) is 1. The molecule has 0 bridgehead atoms. The summed E-state index contributed by atoms with van der Waals surface area (Å²) in [5, 5.41) is 14.2. The Bertz CT molecular complexity index is 255. The van der Waals surface area contributed by atoms with Gasteiger partial charge in [0.2, 0.25) is 5.91 Å². The molecule has 86 valence electrons. The van der Waals surface area contributed by atoms with Gasteiger partial charge < -0.3 is 15.7 Å². The first-order chi connectivity index (χ1) is 7.02. The van der Waals surface area contributed by atoms with Crippen LogP contribution in [0.25, 0.3) is 0 Å². The van der Waals surface area contributed by atoms with Gasteiger partial charge in [-0.3, -0.25) is 9.59 Å². The number of amides is 1. The van der Waals surface area contributed by atoms with Crippen LogP contribution in [0, 0.1) is 5.92 Å². The van der Waals surface area contributed by atoms with Crippen molar-refractivity contribution in [1.82, 2.24) is 10.6 Å². The summed E-state index contributed by atoms with van der Waals surface area (Å²) in [6, 6.07) is -1.08. The molecule has 0 spiro atoms. The third-order valence-electron chi connectivity index (χ3n) is 2.78. The number of hydrogen-bond acceptors (Lipinski definition) is 3. The highest BCUT2D eigenvalue weighted by atomic mass is 16.4. The summed E-state index contributed by atoms with van der Waals surface area (Å²) in [6.07, 6.45) is 2.08. The number of hydrogen-bond donors (Lipinski definition) is 3. The fourth-order valence-electron chi connectivity index (χ4n) is 1.77. The van der Waals surface area contributed by atoms with E-state index >= 15 is 0 Å². The lowest BCUT2D eigenvalue weighted by Crippen LogP contribution is -2.53. The van der Waals surface area contributed by atoms with Gasteiger partial charge in [0, 0.05) is 0 Å². The summed E-state index contributed by atoms with van der Waals surface area (Å²) in [5.41, 5.74) is 0. The smallest absolute Gasteiger partial charge is 0.325 e. The average molecular weight is 214 g/mol. The molecule has 5 nitrogen and oxygen atoms in total. The number of carboxylic acids is 1. The summed E-state index contributed by atoms with van der Waals surface area (Å²) >= 11 is 0. The Balaban J connectivity index is 2.48. The van der Waals surface area contributed by atoms with Gasteiger partial charge in [-0.1, -0.05) is 6.92 Å². The van der Waals surface area contributed by atoms with Crippen molar-refractivity contribution in [2.45, 2.75) is 38.8 Å². The van der Waals surface area contributed by atoms with Crippen molar-refractivity contribution < 1.29 is 14.7 Å². The first-order valence-electron chi connectivity index (χ1n) is 5.29. The predicted octanol–water partition coefficient (Wildman–Crippen LogP) is -0.0362. The van der Waals surface area contributed by atoms with Crippen molar-refractivity contribution in [2.75, 3.05) is 6.54 Å². The normalized spacial score (nSPS) is 28.1. The van der Waals surface area contributed by atoms with Crippen LogP contribution in [0.2, 0.25) is 0 Å². The number of nitrogens with one attached hydrogen (secondary N) is 2. The molecule has 0 aromatic carbocycles. The first-order valence-corrected chi connectivity index (χ1v) is 5.29. The van der Waals surface area contributed by atoms with Gasteiger partial charge in [-0.2, -0.15) is 0 Å². The van der Waals surface area contributed by atoms with Gasteiger partial charge in [-0.05, 0) is 32.2 Å². The van der Waals surface area contributed by atoms with Crippen LogP contribution in [0.3, 0.4) is 0 Å². The molecule has 0 aromatic rings. The molecule has 5 heteroatoms. The van der Waals surface area contributed by atoms with E-state index < -0.39 is 12.0 Å². The van der Waals surface area contributed by atoms with E-state index in [4.69, 9.17) is 5.11 Å². The Labute approximate surface area is 89.2 Å². The van der Waals surface area contributed by atoms with Crippen LogP contribution in [0.15, 0.2) is 0 Å². The Morgan fingerprint density at radius 2 is 2.20 bits per heavy atom. The lowest BCUT2D eigenvalue weighted by molar-refractivity contribution is -0.141. The molecule has 0 radical (unpaired) electrons. The number of piperidine rings is 1. The summed E-state index contributed by atoms with van der Waals surface area (Å²) in [7, 11) is 0. The Hall–Kier alpha value is -1.10. The molecule has 1 aliphatic rings. The van der Waals surface area contributed by atoms with Crippen LogP contribution in [0.4, 0.5) is 0 Å². The number of rotatable bonds is 3. The quantitative estimate of drug-likeness (QED) is 0.616. The molecule has 1 fully saturated rings. The number of carbonyl (C=O) groups excluding carboxylic acids is 1. The fraction of sp³-hybridized carbons (Fsp3) is 0.800. The van der Waals surface area contributed by atoms with Gasteiger partial charge >= 0.3 is 5.97 Å². The highest BCUT2D eigenvalue weighted by Crippen LogP contribution is 2.15. The molecule has 0 aromatic heterocycles. The van der Waals surface area contributed by atoms with Crippen LogP contribution in [-0.4, -0.2) is 35.6 Å². The highest BCUT2D eigenvalue weighted by Gasteiger charge is 2.28. The van der Waals surface area contributed by atoms with Gasteiger partial charge in [0.15, 0.2) is 0 Å². The minimum Gasteiger partial charge on any atom is -0.480 e. The first kappa shape index (κ1) is 12.0. The monoisotopic (exact) mass is 214 g/mol. The van der Waals surface area contributed by atoms with E-state index in [0.29, 0.717) is 0 Å². The van der Waals surface area contributed by atoms with Crippen molar-refractivity contribution in [1.29, 1.82) is 0 Å². The third kappa shape index (κ3) is 3.20. The second-order valence-corrected chi connectivity index (χ2v) is 4.12. The molecule has 1 saturated heterocycles. The summed E-state index contributed by atoms with van der Waals surface area (Å²) in [6.45, 7) is 4.29. The third-order valence-corrected chi connectivity index (χ3v) is 2.78. The zero-order valence-corrected chi connectivity index (χ0v) is 9.12. The number of aliphatic carboxylic acids is 1. The molecule has 3 N–H and O–H groups in total. The van der Waals surface area contributed by atoms with Crippen molar-refractivity contribution in [3.63, 3.8) is 0 Å². The van der Waals surface area contributed by atoms with Crippen molar-refractivity contribution in [3.8, 4) is 0 Å². The molecule has 15 heavy (non-hydrogen) atoms. The van der Waals surface area contributed by atoms with Crippen LogP contribution in [0.1, 0.15) is 26.7 Å². The average Bonchev–Trinajstić information content (AvgIpc) is 2.18. The minimum absolute atomic E-state index is 0.211. The van der Waals surface area contributed by atoms with E-state index in [-0.39, 0.29) is 17.9 Å². The van der Waals surface area contributed by atoms with Crippen molar-refractivity contribution in [3.05, 3.63) is 0 Å². The molecular weight excluding hydrogens is 196 g/mol. The molecule has 1 heterocycles. The standard InChI is InChI=1S/C10H18N2O3/c1-6-4-3-5-11-8(6)9(13)12-7(2)10(14)15/h6-8,11H,3-5H2,1-2H3,(H,12,13)(H,14,15)/t6?,7-,8?/m1/s1. The fourth-order valence-corrected chi connectivity index (χ4v) is 1.77. The topological polar surface area (TPSA) is 78.4 Å². The summed E-state index contributed by atoms with van der Waals surface area (Å²) < 4.78 is 0. The van der Waals surface area contributed by atoms with E-state index in [1.54, 1.807) is 0 Å². The minimum atomic E-state index is -1.01. The van der Waals surface area contributed by atoms with Crippen molar-refractivity contribution >= 4 is 11.9 Å². The molecule has 2 unspecified atom stereocenters. The summed E-state index contributed by atoms with van der Waals surface area (Å²) in [5.74, 6) is -0.955. The molecule has 1 amide bonds. The molecular formula is C10H18N2O3. The maximum atomic E-state index is 11.7. The van der Waals surface area contributed by atoms with Crippen LogP contribution in [0.5, 0.6) is 0 Å². The summed E-state index contributed by atoms with van der Waals surface area (Å²) in [4.78, 5) is 22.3. The predicted molar refractivity (Wildman–Crippen MR) is 55.4 cm³/mol. The number of carbonyl (C=O) groups is 2. The SMILES string of the molecule is CC1CCCNC1C(=O)N[C@H](C)C(=O)O. The second kappa shape index (κ2) is 5.11. The highest BCUT2D eigenvalue weighted by molar-refractivity contribution is 5.86. The Kier molecular flexibility index (Phi) is 4.08. The van der Waals surface area contributed by atoms with Crippen LogP contribution < -0.4 is 10.6 Å². The zero-order chi connectivity index (χ0) is 11.4. The van der Waals surface area contributed by atoms with Gasteiger partial charge in [-0.15, -0.1) is 0 Å². The van der Waals surface area contributed by atoms with E-state index in [9.17, 15) is 9.59 Å². The van der Waals surface area contributed by atoms with Gasteiger partial charge in [0.25, 0.3) is 0 Å².